The Kier molecular flexibility index (Phi) is 12.6. The van der Waals surface area contributed by atoms with E-state index in [1.807, 2.05) is 48.5 Å². The SMILES string of the molecule is O=C[C@@H](CCCCC[C@H]1C/C=C/[C@@H](CO)[C@H](C(=O)O)[C@@]2(CC[C@@H]3C=c4ccccc4=C(O)[C@@H]3C2)c2cccc(c2)C[C@@H]1c1ccc(O)cc1)[C@@H]1C=C(CO)CC1. The van der Waals surface area contributed by atoms with E-state index in [2.05, 4.69) is 36.4 Å². The highest BCUT2D eigenvalue weighted by molar-refractivity contribution is 5.74. The molecule has 56 heavy (non-hydrogen) atoms. The van der Waals surface area contributed by atoms with Crippen molar-refractivity contribution in [2.24, 2.45) is 41.4 Å². The Morgan fingerprint density at radius 3 is 2.48 bits per heavy atom. The number of hydrogen-bond acceptors (Lipinski definition) is 6. The minimum absolute atomic E-state index is 0.0230. The van der Waals surface area contributed by atoms with Gasteiger partial charge in [-0.3, -0.25) is 4.79 Å². The number of benzene rings is 3. The summed E-state index contributed by atoms with van der Waals surface area (Å²) in [5.74, 6) is -1.52. The van der Waals surface area contributed by atoms with Crippen molar-refractivity contribution in [2.75, 3.05) is 13.2 Å². The van der Waals surface area contributed by atoms with Crippen LogP contribution in [0.1, 0.15) is 93.2 Å². The first-order chi connectivity index (χ1) is 27.2. The second-order valence-electron chi connectivity index (χ2n) is 17.1. The summed E-state index contributed by atoms with van der Waals surface area (Å²) in [6.07, 6.45) is 19.3. The summed E-state index contributed by atoms with van der Waals surface area (Å²) in [5, 5.41) is 55.5. The molecule has 4 aliphatic carbocycles. The van der Waals surface area contributed by atoms with E-state index in [1.54, 1.807) is 12.1 Å². The van der Waals surface area contributed by atoms with Gasteiger partial charge < -0.3 is 30.3 Å². The highest BCUT2D eigenvalue weighted by Crippen LogP contribution is 2.54. The van der Waals surface area contributed by atoms with E-state index < -0.39 is 23.2 Å². The maximum absolute atomic E-state index is 13.6. The lowest BCUT2D eigenvalue weighted by Crippen LogP contribution is -2.51. The molecule has 3 aromatic carbocycles. The molecule has 296 valence electrons. The van der Waals surface area contributed by atoms with Crippen LogP contribution in [0, 0.1) is 41.4 Å². The topological polar surface area (TPSA) is 135 Å². The van der Waals surface area contributed by atoms with Crippen molar-refractivity contribution in [1.82, 2.24) is 0 Å². The quantitative estimate of drug-likeness (QED) is 0.0733. The van der Waals surface area contributed by atoms with E-state index in [0.29, 0.717) is 25.0 Å². The van der Waals surface area contributed by atoms with Crippen molar-refractivity contribution in [3.05, 3.63) is 124 Å². The third-order valence-electron chi connectivity index (χ3n) is 14.0. The average molecular weight is 759 g/mol. The summed E-state index contributed by atoms with van der Waals surface area (Å²) in [7, 11) is 0. The van der Waals surface area contributed by atoms with Crippen molar-refractivity contribution in [1.29, 1.82) is 0 Å². The van der Waals surface area contributed by atoms with Gasteiger partial charge in [-0.1, -0.05) is 104 Å². The molecule has 4 aliphatic rings. The highest BCUT2D eigenvalue weighted by atomic mass is 16.4. The molecule has 0 aliphatic heterocycles. The Bertz CT molecular complexity index is 2030. The van der Waals surface area contributed by atoms with Crippen molar-refractivity contribution in [2.45, 2.75) is 88.4 Å². The standard InChI is InChI=1S/C49H58O7/c50-29-33-16-17-36(24-33)39(30-51)11-3-1-2-9-34-12-7-13-40(31-52)46(48(55)56)49(23-22-38-27-37-10-4-5-15-43(37)47(54)45(38)28-49)41-14-6-8-32(25-41)26-44(34)35-18-20-42(53)21-19-35/h4-8,10,13-15,18-21,24-25,27,30,34,36,38-40,44-46,50,52-54H,1-3,9,11-12,16-17,22-23,26,28-29,31H2,(H,55,56)/b13-7+/t34-,36-,38+,39+,40-,44-,45+,46+,49+/m0/s1. The molecule has 1 spiro atoms. The molecule has 0 unspecified atom stereocenters. The summed E-state index contributed by atoms with van der Waals surface area (Å²) < 4.78 is 0. The number of carbonyl (C=O) groups is 2. The van der Waals surface area contributed by atoms with Gasteiger partial charge in [0, 0.05) is 28.4 Å². The number of phenolic OH excluding ortho intramolecular Hbond substituents is 1. The Hall–Kier alpha value is -4.46. The molecular weight excluding hydrogens is 701 g/mol. The Balaban J connectivity index is 1.20. The van der Waals surface area contributed by atoms with Crippen LogP contribution in [0.3, 0.4) is 0 Å². The van der Waals surface area contributed by atoms with Gasteiger partial charge in [0.15, 0.2) is 0 Å². The fourth-order valence-electron chi connectivity index (χ4n) is 11.0. The molecule has 1 fully saturated rings. The molecule has 1 saturated carbocycles. The van der Waals surface area contributed by atoms with Gasteiger partial charge in [-0.05, 0) is 121 Å². The first-order valence-electron chi connectivity index (χ1n) is 20.9. The van der Waals surface area contributed by atoms with Crippen LogP contribution in [0.5, 0.6) is 5.75 Å². The van der Waals surface area contributed by atoms with Crippen LogP contribution in [0.4, 0.5) is 0 Å². The van der Waals surface area contributed by atoms with E-state index in [1.165, 1.54) is 0 Å². The predicted molar refractivity (Wildman–Crippen MR) is 219 cm³/mol. The normalized spacial score (nSPS) is 29.8. The number of aliphatic carboxylic acids is 1. The number of hydrogen-bond donors (Lipinski definition) is 5. The van der Waals surface area contributed by atoms with Gasteiger partial charge in [0.2, 0.25) is 0 Å². The molecule has 0 aromatic heterocycles. The molecule has 2 bridgehead atoms. The molecule has 5 N–H and O–H groups in total. The van der Waals surface area contributed by atoms with E-state index in [4.69, 9.17) is 0 Å². The summed E-state index contributed by atoms with van der Waals surface area (Å²) in [6.45, 7) is -0.229. The van der Waals surface area contributed by atoms with E-state index in [0.717, 1.165) is 96.8 Å². The number of carboxylic acids is 1. The lowest BCUT2D eigenvalue weighted by Gasteiger charge is -2.49. The van der Waals surface area contributed by atoms with Crippen molar-refractivity contribution >= 4 is 24.1 Å². The molecule has 3 aromatic rings. The number of aliphatic hydroxyl groups excluding tert-OH is 3. The maximum Gasteiger partial charge on any atom is 0.308 e. The van der Waals surface area contributed by atoms with Crippen LogP contribution in [0.2, 0.25) is 0 Å². The van der Waals surface area contributed by atoms with E-state index in [9.17, 15) is 35.1 Å². The fourth-order valence-corrected chi connectivity index (χ4v) is 11.0. The third-order valence-corrected chi connectivity index (χ3v) is 14.0. The van der Waals surface area contributed by atoms with Crippen LogP contribution in [-0.4, -0.2) is 51.0 Å². The molecule has 7 heteroatoms. The molecule has 0 radical (unpaired) electrons. The number of carbonyl (C=O) groups excluding carboxylic acids is 1. The van der Waals surface area contributed by atoms with Gasteiger partial charge in [-0.25, -0.2) is 0 Å². The monoisotopic (exact) mass is 758 g/mol. The number of phenols is 1. The molecule has 0 saturated heterocycles. The molecule has 7 nitrogen and oxygen atoms in total. The highest BCUT2D eigenvalue weighted by Gasteiger charge is 2.53. The fraction of sp³-hybridized carbons (Fsp3) is 0.469. The lowest BCUT2D eigenvalue weighted by molar-refractivity contribution is -0.148. The zero-order valence-electron chi connectivity index (χ0n) is 32.4. The van der Waals surface area contributed by atoms with Crippen LogP contribution in [-0.2, 0) is 21.4 Å². The Morgan fingerprint density at radius 1 is 0.911 bits per heavy atom. The average Bonchev–Trinajstić information content (AvgIpc) is 3.70. The second-order valence-corrected chi connectivity index (χ2v) is 17.1. The van der Waals surface area contributed by atoms with E-state index in [-0.39, 0.29) is 54.5 Å². The smallest absolute Gasteiger partial charge is 0.308 e. The summed E-state index contributed by atoms with van der Waals surface area (Å²) >= 11 is 0. The largest absolute Gasteiger partial charge is 0.511 e. The van der Waals surface area contributed by atoms with Gasteiger partial charge >= 0.3 is 5.97 Å². The number of rotatable bonds is 12. The second kappa shape index (κ2) is 17.8. The lowest BCUT2D eigenvalue weighted by atomic mass is 9.53. The number of aldehydes is 1. The first-order valence-corrected chi connectivity index (χ1v) is 20.9. The third kappa shape index (κ3) is 8.31. The molecule has 7 rings (SSSR count). The van der Waals surface area contributed by atoms with Crippen molar-refractivity contribution in [3.8, 4) is 5.75 Å². The summed E-state index contributed by atoms with van der Waals surface area (Å²) in [6, 6.07) is 23.9. The van der Waals surface area contributed by atoms with Gasteiger partial charge in [-0.2, -0.15) is 0 Å². The first kappa shape index (κ1) is 39.8. The van der Waals surface area contributed by atoms with Gasteiger partial charge in [0.25, 0.3) is 0 Å². The number of aliphatic hydroxyl groups is 3. The number of allylic oxidation sites excluding steroid dienone is 2. The molecular formula is C49H58O7. The van der Waals surface area contributed by atoms with Crippen LogP contribution < -0.4 is 10.4 Å². The van der Waals surface area contributed by atoms with Crippen LogP contribution in [0.15, 0.2) is 96.6 Å². The minimum atomic E-state index is -0.929. The molecule has 0 heterocycles. The van der Waals surface area contributed by atoms with Gasteiger partial charge in [0.05, 0.1) is 19.1 Å². The predicted octanol–water partition coefficient (Wildman–Crippen LogP) is 7.51. The molecule has 0 amide bonds. The van der Waals surface area contributed by atoms with Crippen molar-refractivity contribution in [3.63, 3.8) is 0 Å². The number of unbranched alkanes of at least 4 members (excludes halogenated alkanes) is 2. The summed E-state index contributed by atoms with van der Waals surface area (Å²) in [4.78, 5) is 25.6. The number of aromatic hydroxyl groups is 1. The Labute approximate surface area is 330 Å². The van der Waals surface area contributed by atoms with Crippen LogP contribution in [0.25, 0.3) is 11.8 Å². The Morgan fingerprint density at radius 2 is 1.73 bits per heavy atom. The van der Waals surface area contributed by atoms with Gasteiger partial charge in [0.1, 0.15) is 17.8 Å². The minimum Gasteiger partial charge on any atom is -0.511 e. The molecule has 9 atom stereocenters. The van der Waals surface area contributed by atoms with Gasteiger partial charge in [-0.15, -0.1) is 0 Å². The van der Waals surface area contributed by atoms with Crippen LogP contribution >= 0.6 is 0 Å². The van der Waals surface area contributed by atoms with E-state index >= 15 is 0 Å². The van der Waals surface area contributed by atoms with Crippen molar-refractivity contribution < 1.29 is 35.1 Å². The zero-order chi connectivity index (χ0) is 39.2. The summed E-state index contributed by atoms with van der Waals surface area (Å²) in [5.41, 5.74) is 3.43. The maximum atomic E-state index is 13.6. The number of fused-ring (bicyclic) bond motifs is 5. The number of carboxylic acid groups (broad SMARTS) is 1. The zero-order valence-corrected chi connectivity index (χ0v) is 32.4.